The topological polar surface area (TPSA) is 55.3 Å². The molecule has 150 valence electrons. The average molecular weight is 389 g/mol. The van der Waals surface area contributed by atoms with Gasteiger partial charge in [-0.05, 0) is 57.9 Å². The maximum Gasteiger partial charge on any atom is 0.410 e. The number of rotatable bonds is 2. The maximum atomic E-state index is 12.5. The van der Waals surface area contributed by atoms with Gasteiger partial charge in [0.25, 0.3) is 0 Å². The highest BCUT2D eigenvalue weighted by Crippen LogP contribution is 2.29. The minimum Gasteiger partial charge on any atom is -0.444 e. The number of likely N-dealkylation sites (tertiary alicyclic amines) is 1. The summed E-state index contributed by atoms with van der Waals surface area (Å²) in [5.41, 5.74) is 3.43. The number of para-hydroxylation sites is 1. The number of carbonyl (C=O) groups excluding carboxylic acids is 1. The second-order valence-electron chi connectivity index (χ2n) is 8.63. The molecule has 3 heterocycles. The Morgan fingerprint density at radius 3 is 2.79 bits per heavy atom. The van der Waals surface area contributed by atoms with Gasteiger partial charge in [0.15, 0.2) is 0 Å². The molecule has 0 bridgehead atoms. The zero-order valence-corrected chi connectivity index (χ0v) is 17.3. The SMILES string of the molecule is CC(C)(C)OC(=O)N1CCCC(c2cccc(-c3cnc4ccccc4c3)n2)C1. The van der Waals surface area contributed by atoms with Crippen LogP contribution in [0.3, 0.4) is 0 Å². The van der Waals surface area contributed by atoms with E-state index in [0.717, 1.165) is 47.2 Å². The van der Waals surface area contributed by atoms with E-state index in [1.54, 1.807) is 0 Å². The van der Waals surface area contributed by atoms with E-state index in [-0.39, 0.29) is 12.0 Å². The number of aromatic nitrogens is 2. The molecule has 2 aromatic heterocycles. The summed E-state index contributed by atoms with van der Waals surface area (Å²) >= 11 is 0. The van der Waals surface area contributed by atoms with Crippen LogP contribution in [0, 0.1) is 0 Å². The number of nitrogens with zero attached hydrogens (tertiary/aromatic N) is 3. The monoisotopic (exact) mass is 389 g/mol. The molecule has 1 aromatic carbocycles. The molecule has 0 spiro atoms. The van der Waals surface area contributed by atoms with E-state index in [9.17, 15) is 4.79 Å². The summed E-state index contributed by atoms with van der Waals surface area (Å²) in [5, 5.41) is 1.10. The molecule has 5 nitrogen and oxygen atoms in total. The first-order chi connectivity index (χ1) is 13.9. The van der Waals surface area contributed by atoms with Crippen LogP contribution in [0.1, 0.15) is 45.2 Å². The zero-order valence-electron chi connectivity index (χ0n) is 17.3. The molecule has 1 aliphatic heterocycles. The van der Waals surface area contributed by atoms with Crippen LogP contribution >= 0.6 is 0 Å². The molecule has 0 aliphatic carbocycles. The summed E-state index contributed by atoms with van der Waals surface area (Å²) in [4.78, 5) is 23.8. The van der Waals surface area contributed by atoms with Crippen LogP contribution in [-0.4, -0.2) is 39.7 Å². The number of hydrogen-bond acceptors (Lipinski definition) is 4. The van der Waals surface area contributed by atoms with Crippen LogP contribution in [0.5, 0.6) is 0 Å². The number of piperidine rings is 1. The molecule has 1 saturated heterocycles. The van der Waals surface area contributed by atoms with Crippen LogP contribution in [-0.2, 0) is 4.74 Å². The number of benzene rings is 1. The van der Waals surface area contributed by atoms with Gasteiger partial charge in [0.1, 0.15) is 5.60 Å². The van der Waals surface area contributed by atoms with Crippen LogP contribution in [0.15, 0.2) is 54.7 Å². The summed E-state index contributed by atoms with van der Waals surface area (Å²) in [6.45, 7) is 7.07. The van der Waals surface area contributed by atoms with E-state index in [0.29, 0.717) is 6.54 Å². The van der Waals surface area contributed by atoms with E-state index >= 15 is 0 Å². The lowest BCUT2D eigenvalue weighted by Crippen LogP contribution is -2.42. The maximum absolute atomic E-state index is 12.5. The minimum absolute atomic E-state index is 0.213. The third kappa shape index (κ3) is 4.56. The Hall–Kier alpha value is -2.95. The van der Waals surface area contributed by atoms with Gasteiger partial charge in [-0.1, -0.05) is 24.3 Å². The summed E-state index contributed by atoms with van der Waals surface area (Å²) in [6, 6.07) is 16.3. The van der Waals surface area contributed by atoms with Crippen LogP contribution in [0.4, 0.5) is 4.79 Å². The fraction of sp³-hybridized carbons (Fsp3) is 0.375. The molecule has 1 unspecified atom stereocenters. The number of pyridine rings is 2. The molecule has 1 fully saturated rings. The van der Waals surface area contributed by atoms with Gasteiger partial charge < -0.3 is 9.64 Å². The largest absolute Gasteiger partial charge is 0.444 e. The fourth-order valence-electron chi connectivity index (χ4n) is 3.76. The first-order valence-corrected chi connectivity index (χ1v) is 10.2. The van der Waals surface area contributed by atoms with Gasteiger partial charge in [-0.25, -0.2) is 4.79 Å². The predicted octanol–water partition coefficient (Wildman–Crippen LogP) is 5.41. The lowest BCUT2D eigenvalue weighted by Gasteiger charge is -2.34. The molecule has 1 amide bonds. The summed E-state index contributed by atoms with van der Waals surface area (Å²) < 4.78 is 5.55. The quantitative estimate of drug-likeness (QED) is 0.588. The number of amides is 1. The predicted molar refractivity (Wildman–Crippen MR) is 115 cm³/mol. The number of carbonyl (C=O) groups is 1. The molecular formula is C24H27N3O2. The molecule has 0 N–H and O–H groups in total. The van der Waals surface area contributed by atoms with E-state index in [2.05, 4.69) is 23.2 Å². The minimum atomic E-state index is -0.481. The second-order valence-corrected chi connectivity index (χ2v) is 8.63. The third-order valence-corrected chi connectivity index (χ3v) is 5.15. The van der Waals surface area contributed by atoms with Crippen molar-refractivity contribution in [3.05, 3.63) is 60.4 Å². The highest BCUT2D eigenvalue weighted by molar-refractivity contribution is 5.82. The molecule has 5 heteroatoms. The fourth-order valence-corrected chi connectivity index (χ4v) is 3.76. The highest BCUT2D eigenvalue weighted by Gasteiger charge is 2.29. The zero-order chi connectivity index (χ0) is 20.4. The number of hydrogen-bond donors (Lipinski definition) is 0. The Kier molecular flexibility index (Phi) is 5.22. The first kappa shape index (κ1) is 19.4. The van der Waals surface area contributed by atoms with Crippen molar-refractivity contribution in [3.8, 4) is 11.3 Å². The summed E-state index contributed by atoms with van der Waals surface area (Å²) in [5.74, 6) is 0.213. The average Bonchev–Trinajstić information content (AvgIpc) is 2.72. The molecule has 0 radical (unpaired) electrons. The van der Waals surface area contributed by atoms with Gasteiger partial charge in [-0.15, -0.1) is 0 Å². The lowest BCUT2D eigenvalue weighted by atomic mass is 9.94. The Bertz CT molecular complexity index is 1030. The standard InChI is InChI=1S/C24H27N3O2/c1-24(2,3)29-23(28)27-13-7-9-18(16-27)21-11-6-12-22(26-21)19-14-17-8-4-5-10-20(17)25-15-19/h4-6,8,10-12,14-15,18H,7,9,13,16H2,1-3H3. The third-order valence-electron chi connectivity index (χ3n) is 5.15. The number of fused-ring (bicyclic) bond motifs is 1. The van der Waals surface area contributed by atoms with Gasteiger partial charge in [0.05, 0.1) is 11.2 Å². The van der Waals surface area contributed by atoms with Crippen molar-refractivity contribution in [2.45, 2.75) is 45.1 Å². The van der Waals surface area contributed by atoms with Gasteiger partial charge in [-0.3, -0.25) is 9.97 Å². The molecular weight excluding hydrogens is 362 g/mol. The van der Waals surface area contributed by atoms with Crippen molar-refractivity contribution in [1.82, 2.24) is 14.9 Å². The van der Waals surface area contributed by atoms with Crippen LogP contribution in [0.2, 0.25) is 0 Å². The first-order valence-electron chi connectivity index (χ1n) is 10.2. The van der Waals surface area contributed by atoms with Crippen molar-refractivity contribution in [1.29, 1.82) is 0 Å². The highest BCUT2D eigenvalue weighted by atomic mass is 16.6. The van der Waals surface area contributed by atoms with Gasteiger partial charge in [-0.2, -0.15) is 0 Å². The van der Waals surface area contributed by atoms with E-state index in [1.807, 2.05) is 62.2 Å². The molecule has 29 heavy (non-hydrogen) atoms. The van der Waals surface area contributed by atoms with Crippen molar-refractivity contribution in [2.75, 3.05) is 13.1 Å². The van der Waals surface area contributed by atoms with E-state index in [4.69, 9.17) is 9.72 Å². The Labute approximate surface area is 171 Å². The molecule has 4 rings (SSSR count). The number of ether oxygens (including phenoxy) is 1. The van der Waals surface area contributed by atoms with Gasteiger partial charge in [0, 0.05) is 41.8 Å². The van der Waals surface area contributed by atoms with Crippen molar-refractivity contribution in [3.63, 3.8) is 0 Å². The molecule has 1 aliphatic rings. The smallest absolute Gasteiger partial charge is 0.410 e. The van der Waals surface area contributed by atoms with Crippen molar-refractivity contribution >= 4 is 17.0 Å². The van der Waals surface area contributed by atoms with E-state index in [1.165, 1.54) is 0 Å². The molecule has 1 atom stereocenters. The van der Waals surface area contributed by atoms with Crippen LogP contribution in [0.25, 0.3) is 22.2 Å². The normalized spacial score (nSPS) is 17.3. The van der Waals surface area contributed by atoms with Gasteiger partial charge in [0.2, 0.25) is 0 Å². The Morgan fingerprint density at radius 2 is 1.97 bits per heavy atom. The Balaban J connectivity index is 1.55. The Morgan fingerprint density at radius 1 is 1.14 bits per heavy atom. The summed E-state index contributed by atoms with van der Waals surface area (Å²) in [7, 11) is 0. The summed E-state index contributed by atoms with van der Waals surface area (Å²) in [6.07, 6.45) is 3.61. The van der Waals surface area contributed by atoms with Crippen molar-refractivity contribution < 1.29 is 9.53 Å². The van der Waals surface area contributed by atoms with Crippen LogP contribution < -0.4 is 0 Å². The lowest BCUT2D eigenvalue weighted by molar-refractivity contribution is 0.0197. The molecule has 0 saturated carbocycles. The van der Waals surface area contributed by atoms with E-state index < -0.39 is 5.60 Å². The van der Waals surface area contributed by atoms with Gasteiger partial charge >= 0.3 is 6.09 Å². The van der Waals surface area contributed by atoms with Crippen molar-refractivity contribution in [2.24, 2.45) is 0 Å². The second kappa shape index (κ2) is 7.82. The molecule has 3 aromatic rings.